The third-order valence-corrected chi connectivity index (χ3v) is 13.3. The SMILES string of the molecule is Cc1cc(-c2[c-]cccc2)nc[c]1[Ge]([CH3])([CH3])[CH3].[Ir].[c-]1ccc2c(oc3cc(-c4ccccc4)ccc32)c1-c1cc(Cc2ccccc2)ccn1. The van der Waals surface area contributed by atoms with Gasteiger partial charge in [-0.1, -0.05) is 89.8 Å². The Bertz CT molecular complexity index is 2350. The van der Waals surface area contributed by atoms with Gasteiger partial charge in [0, 0.05) is 31.7 Å². The van der Waals surface area contributed by atoms with Crippen molar-refractivity contribution in [3.05, 3.63) is 175 Å². The van der Waals surface area contributed by atoms with Gasteiger partial charge in [-0.15, -0.1) is 18.2 Å². The molecule has 3 aromatic heterocycles. The van der Waals surface area contributed by atoms with Gasteiger partial charge in [0.2, 0.25) is 0 Å². The number of furan rings is 1. The maximum atomic E-state index is 6.39. The molecule has 50 heavy (non-hydrogen) atoms. The van der Waals surface area contributed by atoms with Crippen molar-refractivity contribution < 1.29 is 24.5 Å². The monoisotopic (exact) mass is 889 g/mol. The van der Waals surface area contributed by atoms with E-state index in [2.05, 4.69) is 150 Å². The molecule has 5 heteroatoms. The summed E-state index contributed by atoms with van der Waals surface area (Å²) in [4.78, 5) is 9.24. The minimum absolute atomic E-state index is 0. The van der Waals surface area contributed by atoms with Gasteiger partial charge in [-0.25, -0.2) is 0 Å². The van der Waals surface area contributed by atoms with Gasteiger partial charge < -0.3 is 9.40 Å². The van der Waals surface area contributed by atoms with E-state index in [4.69, 9.17) is 4.42 Å². The van der Waals surface area contributed by atoms with Gasteiger partial charge in [0.15, 0.2) is 0 Å². The summed E-state index contributed by atoms with van der Waals surface area (Å²) in [5, 5.41) is 2.19. The summed E-state index contributed by atoms with van der Waals surface area (Å²) < 4.78 is 7.88. The van der Waals surface area contributed by atoms with Gasteiger partial charge in [-0.2, -0.15) is 0 Å². The van der Waals surface area contributed by atoms with Crippen LogP contribution < -0.4 is 4.40 Å². The number of hydrogen-bond donors (Lipinski definition) is 0. The Labute approximate surface area is 311 Å². The Morgan fingerprint density at radius 2 is 1.40 bits per heavy atom. The van der Waals surface area contributed by atoms with Crippen molar-refractivity contribution in [3.63, 3.8) is 0 Å². The van der Waals surface area contributed by atoms with Crippen LogP contribution >= 0.6 is 0 Å². The summed E-state index contributed by atoms with van der Waals surface area (Å²) >= 11 is -1.77. The predicted molar refractivity (Wildman–Crippen MR) is 207 cm³/mol. The molecule has 0 aliphatic heterocycles. The predicted octanol–water partition coefficient (Wildman–Crippen LogP) is 11.1. The van der Waals surface area contributed by atoms with Crippen LogP contribution in [0.4, 0.5) is 0 Å². The fourth-order valence-electron chi connectivity index (χ4n) is 6.34. The van der Waals surface area contributed by atoms with Crippen molar-refractivity contribution >= 4 is 39.6 Å². The summed E-state index contributed by atoms with van der Waals surface area (Å²) in [6.45, 7) is 2.19. The van der Waals surface area contributed by atoms with Gasteiger partial charge in [0.05, 0.1) is 5.58 Å². The summed E-state index contributed by atoms with van der Waals surface area (Å²) in [7, 11) is 0. The van der Waals surface area contributed by atoms with Crippen LogP contribution in [0.5, 0.6) is 0 Å². The molecular weight excluding hydrogens is 849 g/mol. The average molecular weight is 888 g/mol. The average Bonchev–Trinajstić information content (AvgIpc) is 3.51. The van der Waals surface area contributed by atoms with Crippen LogP contribution in [0.3, 0.4) is 0 Å². The first-order valence-corrected chi connectivity index (χ1v) is 24.0. The zero-order chi connectivity index (χ0) is 33.8. The molecule has 1 radical (unpaired) electrons. The van der Waals surface area contributed by atoms with E-state index in [1.54, 1.807) is 0 Å². The Morgan fingerprint density at radius 1 is 0.640 bits per heavy atom. The van der Waals surface area contributed by atoms with Crippen LogP contribution in [0, 0.1) is 19.1 Å². The minimum atomic E-state index is -1.77. The van der Waals surface area contributed by atoms with E-state index >= 15 is 0 Å². The van der Waals surface area contributed by atoms with Crippen molar-refractivity contribution in [1.82, 2.24) is 9.97 Å². The zero-order valence-corrected chi connectivity index (χ0v) is 33.2. The number of pyridine rings is 2. The maximum Gasteiger partial charge on any atom is 0.121 e. The molecule has 8 aromatic rings. The quantitative estimate of drug-likeness (QED) is 0.123. The maximum absolute atomic E-state index is 6.39. The Kier molecular flexibility index (Phi) is 10.9. The van der Waals surface area contributed by atoms with E-state index in [0.717, 1.165) is 56.4 Å². The summed E-state index contributed by atoms with van der Waals surface area (Å²) in [5.74, 6) is 7.20. The van der Waals surface area contributed by atoms with Gasteiger partial charge in [-0.3, -0.25) is 0 Å². The van der Waals surface area contributed by atoms with E-state index in [1.165, 1.54) is 26.6 Å². The fourth-order valence-corrected chi connectivity index (χ4v) is 9.92. The molecule has 3 heterocycles. The van der Waals surface area contributed by atoms with Crippen LogP contribution in [0.2, 0.25) is 17.3 Å². The molecule has 0 bridgehead atoms. The van der Waals surface area contributed by atoms with Crippen LogP contribution in [-0.4, -0.2) is 23.2 Å². The molecule has 5 aromatic carbocycles. The number of aromatic nitrogens is 2. The second kappa shape index (κ2) is 15.5. The zero-order valence-electron chi connectivity index (χ0n) is 28.7. The number of nitrogens with zero attached hydrogens (tertiary/aromatic N) is 2. The molecule has 249 valence electrons. The molecule has 0 saturated carbocycles. The standard InChI is InChI=1S/C30H20NO.C15H18GeN.Ir/c1-3-8-21(9-4-1)18-22-16-17-31-28(19-22)27-13-7-12-26-25-15-14-24(20-29(25)32-30(26)27)23-10-5-2-6-11-23;1-12-10-15(13-8-6-5-7-9-13)17-11-14(12)16(2,3)4;/h1-12,14-17,19-20H,18H2;5-8,10-11H,1-4H3;/q2*-1;. The van der Waals surface area contributed by atoms with E-state index in [1.807, 2.05) is 42.6 Å². The first-order chi connectivity index (χ1) is 23.8. The number of benzene rings is 5. The van der Waals surface area contributed by atoms with Crippen LogP contribution in [0.15, 0.2) is 150 Å². The molecule has 0 saturated heterocycles. The first-order valence-electron chi connectivity index (χ1n) is 16.7. The summed E-state index contributed by atoms with van der Waals surface area (Å²) in [6, 6.07) is 52.3. The van der Waals surface area contributed by atoms with E-state index < -0.39 is 13.3 Å². The Balaban J connectivity index is 0.000000204. The molecule has 0 N–H and O–H groups in total. The van der Waals surface area contributed by atoms with E-state index in [0.29, 0.717) is 0 Å². The molecule has 8 rings (SSSR count). The minimum Gasteiger partial charge on any atom is -0.501 e. The Morgan fingerprint density at radius 3 is 2.12 bits per heavy atom. The van der Waals surface area contributed by atoms with Gasteiger partial charge in [0.1, 0.15) is 5.58 Å². The van der Waals surface area contributed by atoms with Crippen molar-refractivity contribution in [1.29, 1.82) is 0 Å². The summed E-state index contributed by atoms with van der Waals surface area (Å²) in [6.07, 6.45) is 4.81. The molecule has 0 atom stereocenters. The number of rotatable bonds is 6. The molecule has 0 amide bonds. The summed E-state index contributed by atoms with van der Waals surface area (Å²) in [5.41, 5.74) is 11.8. The fraction of sp³-hybridized carbons (Fsp3) is 0.111. The van der Waals surface area contributed by atoms with Crippen molar-refractivity contribution in [3.8, 4) is 33.6 Å². The molecule has 0 unspecified atom stereocenters. The second-order valence-corrected chi connectivity index (χ2v) is 24.0. The molecule has 0 aliphatic carbocycles. The van der Waals surface area contributed by atoms with Crippen LogP contribution in [0.1, 0.15) is 16.7 Å². The van der Waals surface area contributed by atoms with Crippen molar-refractivity contribution in [2.24, 2.45) is 0 Å². The van der Waals surface area contributed by atoms with Crippen LogP contribution in [0.25, 0.3) is 55.6 Å². The molecule has 0 fully saturated rings. The molecule has 0 spiro atoms. The van der Waals surface area contributed by atoms with Gasteiger partial charge in [0.25, 0.3) is 0 Å². The first kappa shape index (κ1) is 35.2. The number of fused-ring (bicyclic) bond motifs is 3. The number of aryl methyl sites for hydroxylation is 1. The Hall–Kier alpha value is -4.61. The molecule has 3 nitrogen and oxygen atoms in total. The van der Waals surface area contributed by atoms with Crippen molar-refractivity contribution in [2.75, 3.05) is 0 Å². The third kappa shape index (κ3) is 7.89. The van der Waals surface area contributed by atoms with Crippen LogP contribution in [-0.2, 0) is 26.5 Å². The topological polar surface area (TPSA) is 38.9 Å². The van der Waals surface area contributed by atoms with Crippen molar-refractivity contribution in [2.45, 2.75) is 30.6 Å². The van der Waals surface area contributed by atoms with Gasteiger partial charge in [-0.05, 0) is 46.5 Å². The normalized spacial score (nSPS) is 11.1. The van der Waals surface area contributed by atoms with E-state index in [-0.39, 0.29) is 20.1 Å². The second-order valence-electron chi connectivity index (χ2n) is 13.4. The molecule has 0 aliphatic rings. The molecular formula is C45H38GeIrN2O-2. The third-order valence-electron chi connectivity index (χ3n) is 8.78. The smallest absolute Gasteiger partial charge is 0.121 e. The number of hydrogen-bond acceptors (Lipinski definition) is 3. The van der Waals surface area contributed by atoms with Gasteiger partial charge >= 0.3 is 106 Å². The largest absolute Gasteiger partial charge is 0.501 e. The van der Waals surface area contributed by atoms with E-state index in [9.17, 15) is 0 Å².